The number of anilines is 1. The third kappa shape index (κ3) is 5.91. The molecule has 0 fully saturated rings. The Labute approximate surface area is 123 Å². The van der Waals surface area contributed by atoms with Crippen LogP contribution in [0.25, 0.3) is 0 Å². The van der Waals surface area contributed by atoms with Crippen molar-refractivity contribution in [3.05, 3.63) is 29.6 Å². The van der Waals surface area contributed by atoms with Crippen molar-refractivity contribution < 1.29 is 19.1 Å². The quantitative estimate of drug-likeness (QED) is 0.720. The van der Waals surface area contributed by atoms with Crippen molar-refractivity contribution in [3.8, 4) is 0 Å². The van der Waals surface area contributed by atoms with E-state index in [0.29, 0.717) is 17.7 Å². The fraction of sp³-hybridized carbons (Fsp3) is 0.467. The van der Waals surface area contributed by atoms with E-state index in [9.17, 15) is 14.0 Å². The second kappa shape index (κ2) is 7.73. The van der Waals surface area contributed by atoms with E-state index >= 15 is 0 Å². The first kappa shape index (κ1) is 17.1. The zero-order chi connectivity index (χ0) is 16.0. The number of carbonyl (C=O) groups excluding carboxylic acids is 1. The molecule has 1 aromatic rings. The van der Waals surface area contributed by atoms with Gasteiger partial charge in [-0.05, 0) is 37.0 Å². The van der Waals surface area contributed by atoms with Crippen molar-refractivity contribution in [2.24, 2.45) is 5.92 Å². The van der Waals surface area contributed by atoms with Gasteiger partial charge in [0.25, 0.3) is 0 Å². The number of hydrogen-bond donors (Lipinski definition) is 3. The molecule has 6 heteroatoms. The van der Waals surface area contributed by atoms with Gasteiger partial charge >= 0.3 is 5.97 Å². The van der Waals surface area contributed by atoms with Crippen LogP contribution in [0.5, 0.6) is 0 Å². The van der Waals surface area contributed by atoms with Crippen LogP contribution in [0.15, 0.2) is 18.2 Å². The summed E-state index contributed by atoms with van der Waals surface area (Å²) < 4.78 is 13.3. The first-order valence-corrected chi connectivity index (χ1v) is 6.81. The second-order valence-corrected chi connectivity index (χ2v) is 5.41. The van der Waals surface area contributed by atoms with Gasteiger partial charge in [0.15, 0.2) is 0 Å². The normalized spacial score (nSPS) is 12.2. The highest BCUT2D eigenvalue weighted by atomic mass is 19.1. The third-order valence-corrected chi connectivity index (χ3v) is 2.97. The highest BCUT2D eigenvalue weighted by Gasteiger charge is 2.19. The van der Waals surface area contributed by atoms with Gasteiger partial charge < -0.3 is 10.4 Å². The van der Waals surface area contributed by atoms with E-state index < -0.39 is 23.7 Å². The van der Waals surface area contributed by atoms with Crippen LogP contribution in [0.3, 0.4) is 0 Å². The third-order valence-electron chi connectivity index (χ3n) is 2.97. The van der Waals surface area contributed by atoms with Gasteiger partial charge in [-0.2, -0.15) is 0 Å². The minimum atomic E-state index is -0.988. The summed E-state index contributed by atoms with van der Waals surface area (Å²) in [5.74, 6) is -1.59. The molecule has 21 heavy (non-hydrogen) atoms. The summed E-state index contributed by atoms with van der Waals surface area (Å²) in [6.45, 7) is 5.31. The molecule has 0 saturated carbocycles. The number of carbonyl (C=O) groups is 2. The smallest absolute Gasteiger partial charge is 0.320 e. The number of carboxylic acids is 1. The molecule has 1 amide bonds. The lowest BCUT2D eigenvalue weighted by Crippen LogP contribution is -2.42. The fourth-order valence-corrected chi connectivity index (χ4v) is 1.83. The van der Waals surface area contributed by atoms with Crippen LogP contribution in [-0.4, -0.2) is 29.6 Å². The van der Waals surface area contributed by atoms with E-state index in [4.69, 9.17) is 5.11 Å². The van der Waals surface area contributed by atoms with E-state index in [1.54, 1.807) is 19.1 Å². The van der Waals surface area contributed by atoms with Crippen LogP contribution in [0.1, 0.15) is 25.8 Å². The summed E-state index contributed by atoms with van der Waals surface area (Å²) in [6, 6.07) is 3.62. The summed E-state index contributed by atoms with van der Waals surface area (Å²) >= 11 is 0. The van der Waals surface area contributed by atoms with Gasteiger partial charge in [-0.1, -0.05) is 19.9 Å². The average Bonchev–Trinajstić information content (AvgIpc) is 2.38. The molecule has 5 nitrogen and oxygen atoms in total. The van der Waals surface area contributed by atoms with E-state index in [1.165, 1.54) is 6.07 Å². The van der Waals surface area contributed by atoms with Crippen molar-refractivity contribution in [2.45, 2.75) is 33.2 Å². The maximum Gasteiger partial charge on any atom is 0.320 e. The number of rotatable bonds is 7. The molecule has 0 aromatic heterocycles. The lowest BCUT2D eigenvalue weighted by Gasteiger charge is -2.16. The summed E-state index contributed by atoms with van der Waals surface area (Å²) in [7, 11) is 0. The molecule has 0 aliphatic heterocycles. The van der Waals surface area contributed by atoms with E-state index in [-0.39, 0.29) is 12.5 Å². The first-order valence-electron chi connectivity index (χ1n) is 6.81. The number of amides is 1. The molecule has 0 aliphatic carbocycles. The van der Waals surface area contributed by atoms with Crippen LogP contribution >= 0.6 is 0 Å². The van der Waals surface area contributed by atoms with Gasteiger partial charge in [-0.3, -0.25) is 14.9 Å². The van der Waals surface area contributed by atoms with Gasteiger partial charge in [0.05, 0.1) is 6.54 Å². The van der Waals surface area contributed by atoms with Gasteiger partial charge in [0.1, 0.15) is 11.9 Å². The molecule has 1 rings (SSSR count). The fourth-order valence-electron chi connectivity index (χ4n) is 1.83. The topological polar surface area (TPSA) is 78.4 Å². The van der Waals surface area contributed by atoms with Crippen LogP contribution in [-0.2, 0) is 9.59 Å². The molecule has 1 unspecified atom stereocenters. The lowest BCUT2D eigenvalue weighted by molar-refractivity contribution is -0.139. The average molecular weight is 296 g/mol. The lowest BCUT2D eigenvalue weighted by atomic mass is 10.0. The number of benzene rings is 1. The first-order chi connectivity index (χ1) is 9.79. The standard InChI is InChI=1S/C15H21FN2O3/c1-9(2)6-13(15(20)21)17-8-14(19)18-11-5-4-10(3)12(16)7-11/h4-5,7,9,13,17H,6,8H2,1-3H3,(H,18,19)(H,20,21). The summed E-state index contributed by atoms with van der Waals surface area (Å²) in [5, 5.41) is 14.3. The summed E-state index contributed by atoms with van der Waals surface area (Å²) in [5.41, 5.74) is 0.842. The maximum absolute atomic E-state index is 13.3. The van der Waals surface area contributed by atoms with Crippen LogP contribution < -0.4 is 10.6 Å². The Morgan fingerprint density at radius 3 is 2.52 bits per heavy atom. The molecule has 0 radical (unpaired) electrons. The Balaban J connectivity index is 2.52. The van der Waals surface area contributed by atoms with Crippen molar-refractivity contribution >= 4 is 17.6 Å². The molecule has 1 aromatic carbocycles. The zero-order valence-electron chi connectivity index (χ0n) is 12.4. The Morgan fingerprint density at radius 2 is 2.00 bits per heavy atom. The Bertz CT molecular complexity index is 518. The van der Waals surface area contributed by atoms with Crippen molar-refractivity contribution in [1.29, 1.82) is 0 Å². The number of nitrogens with one attached hydrogen (secondary N) is 2. The van der Waals surface area contributed by atoms with E-state index in [0.717, 1.165) is 0 Å². The SMILES string of the molecule is Cc1ccc(NC(=O)CNC(CC(C)C)C(=O)O)cc1F. The monoisotopic (exact) mass is 296 g/mol. The molecular formula is C15H21FN2O3. The van der Waals surface area contributed by atoms with Crippen LogP contribution in [0.4, 0.5) is 10.1 Å². The molecule has 3 N–H and O–H groups in total. The highest BCUT2D eigenvalue weighted by molar-refractivity contribution is 5.92. The van der Waals surface area contributed by atoms with Gasteiger partial charge in [0, 0.05) is 5.69 Å². The van der Waals surface area contributed by atoms with Gasteiger partial charge in [-0.25, -0.2) is 4.39 Å². The van der Waals surface area contributed by atoms with E-state index in [1.807, 2.05) is 13.8 Å². The molecular weight excluding hydrogens is 275 g/mol. The molecule has 116 valence electrons. The number of carboxylic acid groups (broad SMARTS) is 1. The number of aliphatic carboxylic acids is 1. The Kier molecular flexibility index (Phi) is 6.30. The molecule has 0 spiro atoms. The second-order valence-electron chi connectivity index (χ2n) is 5.41. The summed E-state index contributed by atoms with van der Waals surface area (Å²) in [4.78, 5) is 22.8. The predicted molar refractivity (Wildman–Crippen MR) is 78.6 cm³/mol. The van der Waals surface area contributed by atoms with Crippen LogP contribution in [0.2, 0.25) is 0 Å². The van der Waals surface area contributed by atoms with Crippen LogP contribution in [0, 0.1) is 18.7 Å². The predicted octanol–water partition coefficient (Wildman–Crippen LogP) is 2.16. The highest BCUT2D eigenvalue weighted by Crippen LogP contribution is 2.13. The maximum atomic E-state index is 13.3. The largest absolute Gasteiger partial charge is 0.480 e. The molecule has 0 saturated heterocycles. The van der Waals surface area contributed by atoms with E-state index in [2.05, 4.69) is 10.6 Å². The molecule has 0 bridgehead atoms. The summed E-state index contributed by atoms with van der Waals surface area (Å²) in [6.07, 6.45) is 0.432. The minimum Gasteiger partial charge on any atom is -0.480 e. The van der Waals surface area contributed by atoms with Gasteiger partial charge in [-0.15, -0.1) is 0 Å². The zero-order valence-corrected chi connectivity index (χ0v) is 12.4. The van der Waals surface area contributed by atoms with Crippen molar-refractivity contribution in [1.82, 2.24) is 5.32 Å². The van der Waals surface area contributed by atoms with Gasteiger partial charge in [0.2, 0.25) is 5.91 Å². The Morgan fingerprint density at radius 1 is 1.33 bits per heavy atom. The number of hydrogen-bond acceptors (Lipinski definition) is 3. The molecule has 0 heterocycles. The van der Waals surface area contributed by atoms with Crippen molar-refractivity contribution in [3.63, 3.8) is 0 Å². The van der Waals surface area contributed by atoms with Crippen molar-refractivity contribution in [2.75, 3.05) is 11.9 Å². The molecule has 1 atom stereocenters. The Hall–Kier alpha value is -1.95. The number of halogens is 1. The minimum absolute atomic E-state index is 0.140. The molecule has 0 aliphatic rings. The number of aryl methyl sites for hydroxylation is 1.